The molecule has 1 amide bonds. The van der Waals surface area contributed by atoms with Crippen LogP contribution in [-0.2, 0) is 0 Å². The van der Waals surface area contributed by atoms with Crippen LogP contribution in [0.3, 0.4) is 0 Å². The van der Waals surface area contributed by atoms with Gasteiger partial charge in [0.1, 0.15) is 5.69 Å². The second-order valence-corrected chi connectivity index (χ2v) is 4.75. The Morgan fingerprint density at radius 1 is 1.35 bits per heavy atom. The Morgan fingerprint density at radius 3 is 2.50 bits per heavy atom. The number of nitrogens with two attached hydrogens (primary N) is 1. The molecule has 108 valence electrons. The molecular weight excluding hydrogens is 260 g/mol. The van der Waals surface area contributed by atoms with E-state index in [1.165, 1.54) is 12.1 Å². The minimum absolute atomic E-state index is 0.0637. The molecule has 0 aromatic heterocycles. The molecule has 1 saturated heterocycles. The number of piperazine rings is 1. The molecule has 20 heavy (non-hydrogen) atoms. The number of nitro groups is 1. The molecule has 1 heterocycles. The molecule has 0 atom stereocenters. The first-order valence-electron chi connectivity index (χ1n) is 6.58. The van der Waals surface area contributed by atoms with Crippen molar-refractivity contribution >= 4 is 17.3 Å². The van der Waals surface area contributed by atoms with Gasteiger partial charge in [0, 0.05) is 37.8 Å². The maximum Gasteiger partial charge on any atom is 0.293 e. The summed E-state index contributed by atoms with van der Waals surface area (Å²) in [6.07, 6.45) is 0. The highest BCUT2D eigenvalue weighted by molar-refractivity contribution is 5.94. The van der Waals surface area contributed by atoms with Gasteiger partial charge in [0.05, 0.1) is 4.92 Å². The molecule has 7 heteroatoms. The third-order valence-electron chi connectivity index (χ3n) is 3.62. The number of hydrogen-bond donors (Lipinski definition) is 1. The number of carbonyl (C=O) groups is 1. The summed E-state index contributed by atoms with van der Waals surface area (Å²) >= 11 is 0. The molecule has 1 aliphatic rings. The number of nitrogens with zero attached hydrogens (tertiary/aromatic N) is 3. The van der Waals surface area contributed by atoms with E-state index in [1.807, 2.05) is 4.90 Å². The SMILES string of the molecule is CCN1CCN(c2ccc(C(N)=O)cc2[N+](=O)[O-])CC1. The van der Waals surface area contributed by atoms with E-state index < -0.39 is 10.8 Å². The van der Waals surface area contributed by atoms with Crippen LogP contribution in [0.1, 0.15) is 17.3 Å². The Morgan fingerprint density at radius 2 is 2.00 bits per heavy atom. The molecule has 0 radical (unpaired) electrons. The maximum atomic E-state index is 11.2. The van der Waals surface area contributed by atoms with E-state index in [9.17, 15) is 14.9 Å². The first-order chi connectivity index (χ1) is 9.52. The molecule has 0 unspecified atom stereocenters. The predicted octanol–water partition coefficient (Wildman–Crippen LogP) is 0.836. The number of rotatable bonds is 4. The summed E-state index contributed by atoms with van der Waals surface area (Å²) in [6.45, 7) is 6.32. The zero-order chi connectivity index (χ0) is 14.7. The third-order valence-corrected chi connectivity index (χ3v) is 3.62. The van der Waals surface area contributed by atoms with Crippen LogP contribution in [0.15, 0.2) is 18.2 Å². The first kappa shape index (κ1) is 14.3. The fraction of sp³-hybridized carbons (Fsp3) is 0.462. The molecule has 0 saturated carbocycles. The Labute approximate surface area is 117 Å². The molecule has 1 aromatic rings. The standard InChI is InChI=1S/C13H18N4O3/c1-2-15-5-7-16(8-6-15)11-4-3-10(13(14)18)9-12(11)17(19)20/h3-4,9H,2,5-8H2,1H3,(H2,14,18). The highest BCUT2D eigenvalue weighted by Crippen LogP contribution is 2.29. The molecule has 2 N–H and O–H groups in total. The van der Waals surface area contributed by atoms with Crippen LogP contribution in [0.25, 0.3) is 0 Å². The zero-order valence-corrected chi connectivity index (χ0v) is 11.4. The van der Waals surface area contributed by atoms with E-state index in [-0.39, 0.29) is 11.3 Å². The van der Waals surface area contributed by atoms with Gasteiger partial charge < -0.3 is 15.5 Å². The molecule has 7 nitrogen and oxygen atoms in total. The molecule has 0 spiro atoms. The minimum atomic E-state index is -0.657. The van der Waals surface area contributed by atoms with Crippen molar-refractivity contribution in [3.63, 3.8) is 0 Å². The predicted molar refractivity (Wildman–Crippen MR) is 75.9 cm³/mol. The molecule has 1 fully saturated rings. The number of primary amides is 1. The zero-order valence-electron chi connectivity index (χ0n) is 11.4. The van der Waals surface area contributed by atoms with Gasteiger partial charge in [-0.25, -0.2) is 0 Å². The van der Waals surface area contributed by atoms with Gasteiger partial charge in [0.2, 0.25) is 5.91 Å². The Kier molecular flexibility index (Phi) is 4.19. The van der Waals surface area contributed by atoms with Gasteiger partial charge in [-0.05, 0) is 18.7 Å². The number of anilines is 1. The largest absolute Gasteiger partial charge is 0.366 e. The fourth-order valence-corrected chi connectivity index (χ4v) is 2.40. The number of nitro benzene ring substituents is 1. The Bertz CT molecular complexity index is 524. The van der Waals surface area contributed by atoms with Crippen molar-refractivity contribution in [2.75, 3.05) is 37.6 Å². The summed E-state index contributed by atoms with van der Waals surface area (Å²) in [6, 6.07) is 4.40. The van der Waals surface area contributed by atoms with Crippen molar-refractivity contribution in [1.29, 1.82) is 0 Å². The van der Waals surface area contributed by atoms with Crippen LogP contribution in [0, 0.1) is 10.1 Å². The first-order valence-corrected chi connectivity index (χ1v) is 6.58. The number of hydrogen-bond acceptors (Lipinski definition) is 5. The van der Waals surface area contributed by atoms with Gasteiger partial charge >= 0.3 is 0 Å². The minimum Gasteiger partial charge on any atom is -0.366 e. The average Bonchev–Trinajstić information content (AvgIpc) is 2.46. The van der Waals surface area contributed by atoms with Crippen LogP contribution in [-0.4, -0.2) is 48.5 Å². The summed E-state index contributed by atoms with van der Waals surface area (Å²) in [5.74, 6) is -0.657. The lowest BCUT2D eigenvalue weighted by atomic mass is 10.1. The van der Waals surface area contributed by atoms with Crippen molar-refractivity contribution in [1.82, 2.24) is 4.90 Å². The van der Waals surface area contributed by atoms with Crippen LogP contribution in [0.4, 0.5) is 11.4 Å². The van der Waals surface area contributed by atoms with Crippen molar-refractivity contribution < 1.29 is 9.72 Å². The summed E-state index contributed by atoms with van der Waals surface area (Å²) in [7, 11) is 0. The third kappa shape index (κ3) is 2.88. The van der Waals surface area contributed by atoms with E-state index in [0.717, 1.165) is 32.7 Å². The van der Waals surface area contributed by atoms with E-state index >= 15 is 0 Å². The Balaban J connectivity index is 2.27. The van der Waals surface area contributed by atoms with E-state index in [2.05, 4.69) is 11.8 Å². The van der Waals surface area contributed by atoms with Crippen molar-refractivity contribution in [3.8, 4) is 0 Å². The maximum absolute atomic E-state index is 11.2. The fourth-order valence-electron chi connectivity index (χ4n) is 2.40. The monoisotopic (exact) mass is 278 g/mol. The number of benzene rings is 1. The Hall–Kier alpha value is -2.15. The quantitative estimate of drug-likeness (QED) is 0.650. The van der Waals surface area contributed by atoms with Crippen LogP contribution >= 0.6 is 0 Å². The molecule has 0 bridgehead atoms. The summed E-state index contributed by atoms with van der Waals surface area (Å²) in [5, 5.41) is 11.2. The van der Waals surface area contributed by atoms with E-state index in [1.54, 1.807) is 6.07 Å². The summed E-state index contributed by atoms with van der Waals surface area (Å²) in [4.78, 5) is 26.1. The molecule has 0 aliphatic carbocycles. The van der Waals surface area contributed by atoms with Crippen molar-refractivity contribution in [2.45, 2.75) is 6.92 Å². The lowest BCUT2D eigenvalue weighted by Crippen LogP contribution is -2.46. The van der Waals surface area contributed by atoms with Crippen molar-refractivity contribution in [2.24, 2.45) is 5.73 Å². The van der Waals surface area contributed by atoms with Crippen LogP contribution in [0.2, 0.25) is 0 Å². The van der Waals surface area contributed by atoms with Gasteiger partial charge in [-0.2, -0.15) is 0 Å². The second-order valence-electron chi connectivity index (χ2n) is 4.75. The van der Waals surface area contributed by atoms with E-state index in [4.69, 9.17) is 5.73 Å². The summed E-state index contributed by atoms with van der Waals surface area (Å²) in [5.41, 5.74) is 5.81. The normalized spacial score (nSPS) is 16.1. The van der Waals surface area contributed by atoms with E-state index in [0.29, 0.717) is 5.69 Å². The van der Waals surface area contributed by atoms with Gasteiger partial charge in [-0.1, -0.05) is 6.92 Å². The van der Waals surface area contributed by atoms with Crippen LogP contribution in [0.5, 0.6) is 0 Å². The van der Waals surface area contributed by atoms with Gasteiger partial charge in [-0.3, -0.25) is 14.9 Å². The average molecular weight is 278 g/mol. The molecule has 1 aromatic carbocycles. The molecule has 1 aliphatic heterocycles. The van der Waals surface area contributed by atoms with Crippen LogP contribution < -0.4 is 10.6 Å². The highest BCUT2D eigenvalue weighted by Gasteiger charge is 2.24. The van der Waals surface area contributed by atoms with Gasteiger partial charge in [0.15, 0.2) is 0 Å². The lowest BCUT2D eigenvalue weighted by molar-refractivity contribution is -0.384. The molecular formula is C13H18N4O3. The number of amides is 1. The topological polar surface area (TPSA) is 92.7 Å². The van der Waals surface area contributed by atoms with Gasteiger partial charge in [0.25, 0.3) is 5.69 Å². The second kappa shape index (κ2) is 5.87. The lowest BCUT2D eigenvalue weighted by Gasteiger charge is -2.35. The summed E-state index contributed by atoms with van der Waals surface area (Å²) < 4.78 is 0. The smallest absolute Gasteiger partial charge is 0.293 e. The number of likely N-dealkylation sites (N-methyl/N-ethyl adjacent to an activating group) is 1. The van der Waals surface area contributed by atoms with Gasteiger partial charge in [-0.15, -0.1) is 0 Å². The van der Waals surface area contributed by atoms with Crippen molar-refractivity contribution in [3.05, 3.63) is 33.9 Å². The number of carbonyl (C=O) groups excluding carboxylic acids is 1. The molecule has 2 rings (SSSR count). The highest BCUT2D eigenvalue weighted by atomic mass is 16.6.